The predicted octanol–water partition coefficient (Wildman–Crippen LogP) is 1.55. The van der Waals surface area contributed by atoms with Crippen LogP contribution in [0.1, 0.15) is 48.3 Å². The molecule has 0 aliphatic carbocycles. The first-order valence-corrected chi connectivity index (χ1v) is 9.83. The Labute approximate surface area is 168 Å². The second-order valence-corrected chi connectivity index (χ2v) is 7.53. The largest absolute Gasteiger partial charge is 0.339 e. The zero-order valence-corrected chi connectivity index (χ0v) is 16.6. The summed E-state index contributed by atoms with van der Waals surface area (Å²) >= 11 is 0. The number of hydrogen-bond acceptors (Lipinski definition) is 7. The molecule has 1 fully saturated rings. The van der Waals surface area contributed by atoms with E-state index in [1.54, 1.807) is 29.3 Å². The molecule has 0 unspecified atom stereocenters. The van der Waals surface area contributed by atoms with Crippen LogP contribution in [-0.2, 0) is 6.54 Å². The van der Waals surface area contributed by atoms with Gasteiger partial charge in [0.1, 0.15) is 11.2 Å². The van der Waals surface area contributed by atoms with E-state index in [4.69, 9.17) is 4.52 Å². The summed E-state index contributed by atoms with van der Waals surface area (Å²) in [6, 6.07) is 5.29. The lowest BCUT2D eigenvalue weighted by Gasteiger charge is -2.21. The molecule has 9 heteroatoms. The molecule has 0 aromatic carbocycles. The molecular weight excluding hydrogens is 372 g/mol. The van der Waals surface area contributed by atoms with Crippen molar-refractivity contribution in [1.82, 2.24) is 29.3 Å². The minimum absolute atomic E-state index is 0.0990. The summed E-state index contributed by atoms with van der Waals surface area (Å²) in [6.45, 7) is 7.23. The number of nitrogens with zero attached hydrogens (tertiary/aromatic N) is 6. The number of carbonyl (C=O) groups excluding carboxylic acids is 1. The molecule has 0 radical (unpaired) electrons. The minimum Gasteiger partial charge on any atom is -0.339 e. The van der Waals surface area contributed by atoms with Crippen LogP contribution in [0.5, 0.6) is 0 Å². The Balaban J connectivity index is 1.45. The van der Waals surface area contributed by atoms with Crippen molar-refractivity contribution in [2.24, 2.45) is 0 Å². The van der Waals surface area contributed by atoms with E-state index in [-0.39, 0.29) is 22.9 Å². The topological polar surface area (TPSA) is 96.8 Å². The van der Waals surface area contributed by atoms with Crippen LogP contribution in [-0.4, -0.2) is 61.4 Å². The SMILES string of the molecule is CC(C)c1nc(CN2CCCN(C(=O)c3cnc4ccccn4c3=O)CC2)no1. The Morgan fingerprint density at radius 3 is 2.86 bits per heavy atom. The lowest BCUT2D eigenvalue weighted by atomic mass is 10.2. The second-order valence-electron chi connectivity index (χ2n) is 7.53. The van der Waals surface area contributed by atoms with Gasteiger partial charge in [-0.25, -0.2) is 4.98 Å². The monoisotopic (exact) mass is 396 g/mol. The van der Waals surface area contributed by atoms with Crippen LogP contribution in [0, 0.1) is 0 Å². The standard InChI is InChI=1S/C20H24N6O3/c1-14(2)18-22-16(23-29-18)13-24-7-5-8-25(11-10-24)19(27)15-12-21-17-6-3-4-9-26(17)20(15)28/h3-4,6,9,12,14H,5,7-8,10-11,13H2,1-2H3. The Bertz CT molecular complexity index is 1070. The molecule has 29 heavy (non-hydrogen) atoms. The van der Waals surface area contributed by atoms with Gasteiger partial charge in [0.25, 0.3) is 11.5 Å². The van der Waals surface area contributed by atoms with Crippen molar-refractivity contribution in [3.63, 3.8) is 0 Å². The maximum atomic E-state index is 13.0. The third-order valence-corrected chi connectivity index (χ3v) is 5.06. The van der Waals surface area contributed by atoms with Crippen LogP contribution in [0.25, 0.3) is 5.65 Å². The number of pyridine rings is 1. The average Bonchev–Trinajstić information content (AvgIpc) is 3.07. The normalized spacial score (nSPS) is 15.8. The molecule has 9 nitrogen and oxygen atoms in total. The molecule has 0 atom stereocenters. The highest BCUT2D eigenvalue weighted by molar-refractivity contribution is 5.93. The van der Waals surface area contributed by atoms with E-state index in [0.29, 0.717) is 43.5 Å². The first-order chi connectivity index (χ1) is 14.0. The van der Waals surface area contributed by atoms with E-state index in [9.17, 15) is 9.59 Å². The van der Waals surface area contributed by atoms with Gasteiger partial charge in [0.2, 0.25) is 5.89 Å². The fraction of sp³-hybridized carbons (Fsp3) is 0.450. The van der Waals surface area contributed by atoms with Crippen molar-refractivity contribution in [2.75, 3.05) is 26.2 Å². The highest BCUT2D eigenvalue weighted by Crippen LogP contribution is 2.13. The van der Waals surface area contributed by atoms with E-state index >= 15 is 0 Å². The quantitative estimate of drug-likeness (QED) is 0.660. The van der Waals surface area contributed by atoms with Gasteiger partial charge in [0, 0.05) is 44.5 Å². The van der Waals surface area contributed by atoms with Crippen LogP contribution in [0.3, 0.4) is 0 Å². The molecule has 152 valence electrons. The fourth-order valence-electron chi connectivity index (χ4n) is 3.44. The first-order valence-electron chi connectivity index (χ1n) is 9.83. The number of amides is 1. The third-order valence-electron chi connectivity index (χ3n) is 5.06. The Hall–Kier alpha value is -3.07. The zero-order chi connectivity index (χ0) is 20.4. The summed E-state index contributed by atoms with van der Waals surface area (Å²) in [7, 11) is 0. The maximum absolute atomic E-state index is 13.0. The van der Waals surface area contributed by atoms with E-state index in [0.717, 1.165) is 13.0 Å². The molecule has 1 saturated heterocycles. The summed E-state index contributed by atoms with van der Waals surface area (Å²) in [5.41, 5.74) is 0.286. The van der Waals surface area contributed by atoms with Gasteiger partial charge in [-0.1, -0.05) is 25.1 Å². The zero-order valence-electron chi connectivity index (χ0n) is 16.6. The highest BCUT2D eigenvalue weighted by Gasteiger charge is 2.24. The van der Waals surface area contributed by atoms with Crippen LogP contribution >= 0.6 is 0 Å². The van der Waals surface area contributed by atoms with Crippen LogP contribution in [0.15, 0.2) is 39.9 Å². The van der Waals surface area contributed by atoms with Gasteiger partial charge >= 0.3 is 0 Å². The van der Waals surface area contributed by atoms with Crippen molar-refractivity contribution in [3.05, 3.63) is 58.2 Å². The lowest BCUT2D eigenvalue weighted by molar-refractivity contribution is 0.0758. The Kier molecular flexibility index (Phi) is 5.39. The number of aromatic nitrogens is 4. The van der Waals surface area contributed by atoms with E-state index in [1.165, 1.54) is 10.6 Å². The van der Waals surface area contributed by atoms with Crippen LogP contribution < -0.4 is 5.56 Å². The molecule has 1 aliphatic heterocycles. The molecule has 4 heterocycles. The summed E-state index contributed by atoms with van der Waals surface area (Å²) in [5, 5.41) is 4.04. The van der Waals surface area contributed by atoms with Crippen molar-refractivity contribution in [1.29, 1.82) is 0 Å². The number of hydrogen-bond donors (Lipinski definition) is 0. The minimum atomic E-state index is -0.338. The molecule has 3 aromatic heterocycles. The van der Waals surface area contributed by atoms with Crippen molar-refractivity contribution < 1.29 is 9.32 Å². The van der Waals surface area contributed by atoms with Crippen molar-refractivity contribution in [2.45, 2.75) is 32.7 Å². The molecule has 1 amide bonds. The summed E-state index contributed by atoms with van der Waals surface area (Å²) < 4.78 is 6.67. The van der Waals surface area contributed by atoms with Gasteiger partial charge in [-0.3, -0.25) is 18.9 Å². The molecule has 0 bridgehead atoms. The van der Waals surface area contributed by atoms with Gasteiger partial charge in [-0.15, -0.1) is 0 Å². The molecule has 4 rings (SSSR count). The molecule has 3 aromatic rings. The van der Waals surface area contributed by atoms with Gasteiger partial charge in [-0.05, 0) is 18.6 Å². The molecule has 0 spiro atoms. The Morgan fingerprint density at radius 2 is 2.07 bits per heavy atom. The van der Waals surface area contributed by atoms with E-state index < -0.39 is 0 Å². The molecule has 1 aliphatic rings. The van der Waals surface area contributed by atoms with E-state index in [2.05, 4.69) is 20.0 Å². The first kappa shape index (κ1) is 19.3. The lowest BCUT2D eigenvalue weighted by Crippen LogP contribution is -2.38. The third kappa shape index (κ3) is 4.04. The fourth-order valence-corrected chi connectivity index (χ4v) is 3.44. The summed E-state index contributed by atoms with van der Waals surface area (Å²) in [5.74, 6) is 1.22. The van der Waals surface area contributed by atoms with Crippen molar-refractivity contribution >= 4 is 11.6 Å². The predicted molar refractivity (Wildman–Crippen MR) is 106 cm³/mol. The average molecular weight is 396 g/mol. The number of carbonyl (C=O) groups is 1. The molecule has 0 N–H and O–H groups in total. The summed E-state index contributed by atoms with van der Waals surface area (Å²) in [4.78, 5) is 38.3. The molecule has 0 saturated carbocycles. The smallest absolute Gasteiger partial charge is 0.270 e. The summed E-state index contributed by atoms with van der Waals surface area (Å²) in [6.07, 6.45) is 3.82. The van der Waals surface area contributed by atoms with Crippen LogP contribution in [0.2, 0.25) is 0 Å². The van der Waals surface area contributed by atoms with Gasteiger partial charge in [0.05, 0.1) is 6.54 Å². The van der Waals surface area contributed by atoms with Crippen LogP contribution in [0.4, 0.5) is 0 Å². The maximum Gasteiger partial charge on any atom is 0.270 e. The van der Waals surface area contributed by atoms with E-state index in [1.807, 2.05) is 13.8 Å². The van der Waals surface area contributed by atoms with Gasteiger partial charge in [-0.2, -0.15) is 4.98 Å². The number of fused-ring (bicyclic) bond motifs is 1. The van der Waals surface area contributed by atoms with Gasteiger partial charge in [0.15, 0.2) is 5.82 Å². The Morgan fingerprint density at radius 1 is 1.21 bits per heavy atom. The van der Waals surface area contributed by atoms with Crippen molar-refractivity contribution in [3.8, 4) is 0 Å². The second kappa shape index (κ2) is 8.12. The van der Waals surface area contributed by atoms with Gasteiger partial charge < -0.3 is 9.42 Å². The highest BCUT2D eigenvalue weighted by atomic mass is 16.5. The number of rotatable bonds is 4. The molecular formula is C20H24N6O3.